The van der Waals surface area contributed by atoms with E-state index in [4.69, 9.17) is 0 Å². The Morgan fingerprint density at radius 3 is 2.82 bits per heavy atom. The highest BCUT2D eigenvalue weighted by Crippen LogP contribution is 2.15. The normalized spacial score (nSPS) is 17.0. The number of nitrogens with one attached hydrogen (secondary N) is 2. The molecule has 1 aromatic rings. The maximum Gasteiger partial charge on any atom is 0.270 e. The van der Waals surface area contributed by atoms with Gasteiger partial charge in [-0.15, -0.1) is 0 Å². The van der Waals surface area contributed by atoms with Crippen LogP contribution in [0.1, 0.15) is 36.7 Å². The Morgan fingerprint density at radius 2 is 2.24 bits per heavy atom. The van der Waals surface area contributed by atoms with Gasteiger partial charge >= 0.3 is 0 Å². The third kappa shape index (κ3) is 2.88. The minimum Gasteiger partial charge on any atom is -0.357 e. The molecule has 4 heteroatoms. The van der Waals surface area contributed by atoms with E-state index in [1.54, 1.807) is 6.20 Å². The Bertz CT molecular complexity index is 342. The maximum absolute atomic E-state index is 12.4. The quantitative estimate of drug-likeness (QED) is 0.833. The predicted molar refractivity (Wildman–Crippen MR) is 68.0 cm³/mol. The number of rotatable bonds is 4. The Morgan fingerprint density at radius 1 is 1.47 bits per heavy atom. The van der Waals surface area contributed by atoms with E-state index < -0.39 is 0 Å². The van der Waals surface area contributed by atoms with Crippen molar-refractivity contribution < 1.29 is 4.79 Å². The Kier molecular flexibility index (Phi) is 4.20. The van der Waals surface area contributed by atoms with Crippen LogP contribution in [0.3, 0.4) is 0 Å². The molecule has 0 aliphatic carbocycles. The lowest BCUT2D eigenvalue weighted by atomic mass is 10.0. The molecule has 94 valence electrons. The minimum atomic E-state index is 0.142. The zero-order valence-corrected chi connectivity index (χ0v) is 10.4. The molecular formula is C13H21N3O. The second-order valence-corrected chi connectivity index (χ2v) is 4.56. The van der Waals surface area contributed by atoms with Gasteiger partial charge in [0, 0.05) is 18.8 Å². The number of carbonyl (C=O) groups excluding carboxylic acids is 1. The number of carbonyl (C=O) groups is 1. The summed E-state index contributed by atoms with van der Waals surface area (Å²) in [6, 6.07) is 4.12. The van der Waals surface area contributed by atoms with Crippen LogP contribution >= 0.6 is 0 Å². The lowest BCUT2D eigenvalue weighted by Gasteiger charge is -2.34. The van der Waals surface area contributed by atoms with Crippen LogP contribution in [0.4, 0.5) is 0 Å². The van der Waals surface area contributed by atoms with E-state index in [-0.39, 0.29) is 5.91 Å². The first-order chi connectivity index (χ1) is 8.33. The number of aromatic amines is 1. The van der Waals surface area contributed by atoms with Crippen molar-refractivity contribution in [1.29, 1.82) is 0 Å². The van der Waals surface area contributed by atoms with Gasteiger partial charge in [0.25, 0.3) is 5.91 Å². The molecule has 4 nitrogen and oxygen atoms in total. The predicted octanol–water partition coefficient (Wildman–Crippen LogP) is 1.62. The summed E-state index contributed by atoms with van der Waals surface area (Å²) in [6.07, 6.45) is 4.94. The van der Waals surface area contributed by atoms with Crippen LogP contribution in [0.15, 0.2) is 18.3 Å². The van der Waals surface area contributed by atoms with Gasteiger partial charge in [-0.25, -0.2) is 0 Å². The fourth-order valence-corrected chi connectivity index (χ4v) is 2.43. The summed E-state index contributed by atoms with van der Waals surface area (Å²) in [6.45, 7) is 5.00. The van der Waals surface area contributed by atoms with Crippen molar-refractivity contribution in [2.75, 3.05) is 19.6 Å². The van der Waals surface area contributed by atoms with Crippen molar-refractivity contribution in [3.05, 3.63) is 24.0 Å². The summed E-state index contributed by atoms with van der Waals surface area (Å²) in [7, 11) is 0. The molecular weight excluding hydrogens is 214 g/mol. The van der Waals surface area contributed by atoms with Crippen LogP contribution in [0.2, 0.25) is 0 Å². The third-order valence-electron chi connectivity index (χ3n) is 3.30. The van der Waals surface area contributed by atoms with Crippen molar-refractivity contribution in [2.24, 2.45) is 0 Å². The van der Waals surface area contributed by atoms with Gasteiger partial charge < -0.3 is 15.2 Å². The molecule has 1 amide bonds. The van der Waals surface area contributed by atoms with Gasteiger partial charge in [-0.1, -0.05) is 6.92 Å². The maximum atomic E-state index is 12.4. The average molecular weight is 235 g/mol. The molecule has 2 N–H and O–H groups in total. The molecule has 0 aromatic carbocycles. The summed E-state index contributed by atoms with van der Waals surface area (Å²) < 4.78 is 0. The fraction of sp³-hybridized carbons (Fsp3) is 0.615. The van der Waals surface area contributed by atoms with Crippen LogP contribution in [-0.2, 0) is 0 Å². The van der Waals surface area contributed by atoms with E-state index in [0.717, 1.165) is 38.9 Å². The van der Waals surface area contributed by atoms with E-state index in [0.29, 0.717) is 11.7 Å². The lowest BCUT2D eigenvalue weighted by Crippen LogP contribution is -2.46. The monoisotopic (exact) mass is 235 g/mol. The van der Waals surface area contributed by atoms with Crippen molar-refractivity contribution >= 4 is 5.91 Å². The van der Waals surface area contributed by atoms with E-state index >= 15 is 0 Å². The zero-order valence-electron chi connectivity index (χ0n) is 10.4. The molecule has 0 unspecified atom stereocenters. The van der Waals surface area contributed by atoms with Gasteiger partial charge in [-0.3, -0.25) is 4.79 Å². The van der Waals surface area contributed by atoms with Gasteiger partial charge in [-0.2, -0.15) is 0 Å². The molecule has 0 bridgehead atoms. The van der Waals surface area contributed by atoms with Crippen molar-refractivity contribution in [1.82, 2.24) is 15.2 Å². The summed E-state index contributed by atoms with van der Waals surface area (Å²) in [4.78, 5) is 17.4. The number of aromatic nitrogens is 1. The lowest BCUT2D eigenvalue weighted by molar-refractivity contribution is 0.0637. The minimum absolute atomic E-state index is 0.142. The standard InChI is InChI=1S/C13H21N3O/c1-2-10-16(11-5-8-14-9-6-11)13(17)12-4-3-7-15-12/h3-4,7,11,14-15H,2,5-6,8-10H2,1H3. The van der Waals surface area contributed by atoms with Gasteiger partial charge in [0.1, 0.15) is 5.69 Å². The second-order valence-electron chi connectivity index (χ2n) is 4.56. The van der Waals surface area contributed by atoms with Crippen LogP contribution in [0.25, 0.3) is 0 Å². The van der Waals surface area contributed by atoms with E-state index in [1.165, 1.54) is 0 Å². The van der Waals surface area contributed by atoms with E-state index in [1.807, 2.05) is 17.0 Å². The fourth-order valence-electron chi connectivity index (χ4n) is 2.43. The second kappa shape index (κ2) is 5.87. The van der Waals surface area contributed by atoms with Crippen molar-refractivity contribution in [3.63, 3.8) is 0 Å². The first-order valence-electron chi connectivity index (χ1n) is 6.48. The average Bonchev–Trinajstić information content (AvgIpc) is 2.90. The SMILES string of the molecule is CCCN(C(=O)c1ccc[nH]1)C1CCNCC1. The number of amides is 1. The summed E-state index contributed by atoms with van der Waals surface area (Å²) >= 11 is 0. The number of nitrogens with zero attached hydrogens (tertiary/aromatic N) is 1. The highest BCUT2D eigenvalue weighted by Gasteiger charge is 2.25. The molecule has 1 saturated heterocycles. The van der Waals surface area contributed by atoms with Gasteiger partial charge in [0.2, 0.25) is 0 Å². The van der Waals surface area contributed by atoms with Crippen molar-refractivity contribution in [3.8, 4) is 0 Å². The Balaban J connectivity index is 2.07. The molecule has 1 aromatic heterocycles. The molecule has 0 atom stereocenters. The Labute approximate surface area is 102 Å². The largest absolute Gasteiger partial charge is 0.357 e. The molecule has 0 radical (unpaired) electrons. The molecule has 2 rings (SSSR count). The zero-order chi connectivity index (χ0) is 12.1. The van der Waals surface area contributed by atoms with Crippen molar-refractivity contribution in [2.45, 2.75) is 32.2 Å². The van der Waals surface area contributed by atoms with Crippen LogP contribution in [0, 0.1) is 0 Å². The third-order valence-corrected chi connectivity index (χ3v) is 3.30. The summed E-state index contributed by atoms with van der Waals surface area (Å²) in [5.74, 6) is 0.142. The van der Waals surface area contributed by atoms with E-state index in [9.17, 15) is 4.79 Å². The first-order valence-corrected chi connectivity index (χ1v) is 6.48. The molecule has 2 heterocycles. The van der Waals surface area contributed by atoms with Crippen LogP contribution < -0.4 is 5.32 Å². The number of H-pyrrole nitrogens is 1. The van der Waals surface area contributed by atoms with Gasteiger partial charge in [-0.05, 0) is 44.5 Å². The first kappa shape index (κ1) is 12.2. The number of piperidine rings is 1. The Hall–Kier alpha value is -1.29. The molecule has 1 fully saturated rings. The van der Waals surface area contributed by atoms with E-state index in [2.05, 4.69) is 17.2 Å². The molecule has 1 aliphatic heterocycles. The van der Waals surface area contributed by atoms with Gasteiger partial charge in [0.05, 0.1) is 0 Å². The summed E-state index contributed by atoms with van der Waals surface area (Å²) in [5.41, 5.74) is 0.706. The number of hydrogen-bond donors (Lipinski definition) is 2. The van der Waals surface area contributed by atoms with Crippen LogP contribution in [-0.4, -0.2) is 41.5 Å². The topological polar surface area (TPSA) is 48.1 Å². The highest BCUT2D eigenvalue weighted by molar-refractivity contribution is 5.92. The molecule has 0 spiro atoms. The molecule has 0 saturated carbocycles. The smallest absolute Gasteiger partial charge is 0.270 e. The molecule has 17 heavy (non-hydrogen) atoms. The van der Waals surface area contributed by atoms with Crippen LogP contribution in [0.5, 0.6) is 0 Å². The number of hydrogen-bond acceptors (Lipinski definition) is 2. The summed E-state index contributed by atoms with van der Waals surface area (Å²) in [5, 5.41) is 3.34. The molecule has 1 aliphatic rings. The highest BCUT2D eigenvalue weighted by atomic mass is 16.2. The van der Waals surface area contributed by atoms with Gasteiger partial charge in [0.15, 0.2) is 0 Å².